The van der Waals surface area contributed by atoms with Crippen LogP contribution in [0.5, 0.6) is 0 Å². The lowest BCUT2D eigenvalue weighted by atomic mass is 9.83. The Morgan fingerprint density at radius 1 is 1.00 bits per heavy atom. The van der Waals surface area contributed by atoms with Crippen molar-refractivity contribution in [2.75, 3.05) is 0 Å². The minimum absolute atomic E-state index is 0.449. The molecule has 0 amide bonds. The highest BCUT2D eigenvalue weighted by atomic mass is 15.0. The molecule has 3 N–H and O–H groups in total. The highest BCUT2D eigenvalue weighted by Gasteiger charge is 2.25. The smallest absolute Gasteiger partial charge is 0.00843 e. The van der Waals surface area contributed by atoms with Crippen LogP contribution in [0.15, 0.2) is 0 Å². The summed E-state index contributed by atoms with van der Waals surface area (Å²) in [5, 5.41) is 3.84. The van der Waals surface area contributed by atoms with Crippen molar-refractivity contribution >= 4 is 0 Å². The van der Waals surface area contributed by atoms with Crippen molar-refractivity contribution in [1.29, 1.82) is 0 Å². The van der Waals surface area contributed by atoms with E-state index in [1.165, 1.54) is 57.8 Å². The molecule has 0 radical (unpaired) electrons. The monoisotopic (exact) mass is 224 g/mol. The van der Waals surface area contributed by atoms with Gasteiger partial charge in [-0.15, -0.1) is 0 Å². The molecule has 0 aromatic heterocycles. The Morgan fingerprint density at radius 2 is 1.75 bits per heavy atom. The fourth-order valence-electron chi connectivity index (χ4n) is 3.52. The molecule has 0 bridgehead atoms. The Balaban J connectivity index is 1.74. The second kappa shape index (κ2) is 6.02. The molecule has 2 nitrogen and oxygen atoms in total. The average Bonchev–Trinajstić information content (AvgIpc) is 2.30. The SMILES string of the molecule is C[C@H](NC1CCCC(N)C1)C1CCCCC1. The van der Waals surface area contributed by atoms with Gasteiger partial charge in [0, 0.05) is 18.1 Å². The molecule has 0 heterocycles. The van der Waals surface area contributed by atoms with Crippen LogP contribution < -0.4 is 11.1 Å². The van der Waals surface area contributed by atoms with Crippen LogP contribution in [0.3, 0.4) is 0 Å². The number of hydrogen-bond donors (Lipinski definition) is 2. The van der Waals surface area contributed by atoms with E-state index in [1.54, 1.807) is 0 Å². The third kappa shape index (κ3) is 3.46. The molecule has 0 aromatic carbocycles. The Kier molecular flexibility index (Phi) is 4.66. The first-order chi connectivity index (χ1) is 7.75. The molecular weight excluding hydrogens is 196 g/mol. The zero-order valence-corrected chi connectivity index (χ0v) is 10.8. The van der Waals surface area contributed by atoms with Crippen molar-refractivity contribution in [3.8, 4) is 0 Å². The first kappa shape index (κ1) is 12.4. The average molecular weight is 224 g/mol. The summed E-state index contributed by atoms with van der Waals surface area (Å²) in [5.74, 6) is 0.923. The van der Waals surface area contributed by atoms with Gasteiger partial charge in [0.2, 0.25) is 0 Å². The van der Waals surface area contributed by atoms with E-state index in [1.807, 2.05) is 0 Å². The molecule has 2 heteroatoms. The van der Waals surface area contributed by atoms with Crippen LogP contribution in [0.2, 0.25) is 0 Å². The van der Waals surface area contributed by atoms with Crippen LogP contribution in [-0.4, -0.2) is 18.1 Å². The normalized spacial score (nSPS) is 34.9. The third-order valence-corrected chi connectivity index (χ3v) is 4.57. The van der Waals surface area contributed by atoms with Crippen LogP contribution in [-0.2, 0) is 0 Å². The van der Waals surface area contributed by atoms with Crippen molar-refractivity contribution in [1.82, 2.24) is 5.32 Å². The molecule has 2 aliphatic rings. The summed E-state index contributed by atoms with van der Waals surface area (Å²) in [6.45, 7) is 2.39. The van der Waals surface area contributed by atoms with Crippen molar-refractivity contribution in [2.45, 2.75) is 82.8 Å². The van der Waals surface area contributed by atoms with Gasteiger partial charge >= 0.3 is 0 Å². The molecule has 0 aliphatic heterocycles. The number of nitrogens with two attached hydrogens (primary N) is 1. The Labute approximate surface area is 100 Å². The summed E-state index contributed by atoms with van der Waals surface area (Å²) < 4.78 is 0. The molecule has 2 unspecified atom stereocenters. The van der Waals surface area contributed by atoms with E-state index in [4.69, 9.17) is 5.73 Å². The number of hydrogen-bond acceptors (Lipinski definition) is 2. The zero-order chi connectivity index (χ0) is 11.4. The maximum Gasteiger partial charge on any atom is 0.00843 e. The van der Waals surface area contributed by atoms with Gasteiger partial charge in [0.15, 0.2) is 0 Å². The highest BCUT2D eigenvalue weighted by molar-refractivity contribution is 4.84. The van der Waals surface area contributed by atoms with Gasteiger partial charge < -0.3 is 11.1 Å². The second-order valence-corrected chi connectivity index (χ2v) is 5.98. The largest absolute Gasteiger partial charge is 0.328 e. The van der Waals surface area contributed by atoms with Crippen molar-refractivity contribution in [3.63, 3.8) is 0 Å². The molecule has 2 fully saturated rings. The fourth-order valence-corrected chi connectivity index (χ4v) is 3.52. The molecular formula is C14H28N2. The number of nitrogens with one attached hydrogen (secondary N) is 1. The molecule has 0 saturated heterocycles. The highest BCUT2D eigenvalue weighted by Crippen LogP contribution is 2.27. The predicted octanol–water partition coefficient (Wildman–Crippen LogP) is 2.81. The van der Waals surface area contributed by atoms with Crippen LogP contribution in [0, 0.1) is 5.92 Å². The van der Waals surface area contributed by atoms with Gasteiger partial charge in [-0.2, -0.15) is 0 Å². The fraction of sp³-hybridized carbons (Fsp3) is 1.00. The number of rotatable bonds is 3. The second-order valence-electron chi connectivity index (χ2n) is 5.98. The van der Waals surface area contributed by atoms with Gasteiger partial charge in [0.25, 0.3) is 0 Å². The molecule has 0 spiro atoms. The van der Waals surface area contributed by atoms with E-state index >= 15 is 0 Å². The van der Waals surface area contributed by atoms with Gasteiger partial charge in [-0.25, -0.2) is 0 Å². The Bertz CT molecular complexity index is 199. The van der Waals surface area contributed by atoms with Crippen molar-refractivity contribution < 1.29 is 0 Å². The lowest BCUT2D eigenvalue weighted by molar-refractivity contribution is 0.236. The summed E-state index contributed by atoms with van der Waals surface area (Å²) >= 11 is 0. The van der Waals surface area contributed by atoms with E-state index in [9.17, 15) is 0 Å². The van der Waals surface area contributed by atoms with E-state index in [0.717, 1.165) is 5.92 Å². The van der Waals surface area contributed by atoms with Gasteiger partial charge in [-0.1, -0.05) is 25.7 Å². The minimum Gasteiger partial charge on any atom is -0.328 e. The summed E-state index contributed by atoms with van der Waals surface area (Å²) in [6.07, 6.45) is 12.3. The van der Waals surface area contributed by atoms with Crippen LogP contribution in [0.25, 0.3) is 0 Å². The third-order valence-electron chi connectivity index (χ3n) is 4.57. The first-order valence-electron chi connectivity index (χ1n) is 7.27. The summed E-state index contributed by atoms with van der Waals surface area (Å²) in [4.78, 5) is 0. The molecule has 2 saturated carbocycles. The topological polar surface area (TPSA) is 38.0 Å². The Hall–Kier alpha value is -0.0800. The maximum atomic E-state index is 6.04. The van der Waals surface area contributed by atoms with Crippen molar-refractivity contribution in [3.05, 3.63) is 0 Å². The molecule has 0 aromatic rings. The lowest BCUT2D eigenvalue weighted by Gasteiger charge is -2.34. The predicted molar refractivity (Wildman–Crippen MR) is 69.4 cm³/mol. The summed E-state index contributed by atoms with van der Waals surface area (Å²) in [7, 11) is 0. The van der Waals surface area contributed by atoms with Gasteiger partial charge in [-0.3, -0.25) is 0 Å². The minimum atomic E-state index is 0.449. The zero-order valence-electron chi connectivity index (χ0n) is 10.8. The van der Waals surface area contributed by atoms with Gasteiger partial charge in [0.05, 0.1) is 0 Å². The van der Waals surface area contributed by atoms with E-state index in [-0.39, 0.29) is 0 Å². The van der Waals surface area contributed by atoms with Gasteiger partial charge in [0.1, 0.15) is 0 Å². The van der Waals surface area contributed by atoms with Crippen LogP contribution in [0.1, 0.15) is 64.7 Å². The van der Waals surface area contributed by atoms with E-state index in [0.29, 0.717) is 18.1 Å². The molecule has 94 valence electrons. The summed E-state index contributed by atoms with van der Waals surface area (Å²) in [6, 6.07) is 1.85. The molecule has 2 aliphatic carbocycles. The van der Waals surface area contributed by atoms with Crippen molar-refractivity contribution in [2.24, 2.45) is 11.7 Å². The maximum absolute atomic E-state index is 6.04. The van der Waals surface area contributed by atoms with Crippen LogP contribution >= 0.6 is 0 Å². The lowest BCUT2D eigenvalue weighted by Crippen LogP contribution is -2.46. The molecule has 3 atom stereocenters. The molecule has 16 heavy (non-hydrogen) atoms. The standard InChI is InChI=1S/C14H28N2/c1-11(12-6-3-2-4-7-12)16-14-9-5-8-13(15)10-14/h11-14,16H,2-10,15H2,1H3/t11-,13?,14?/m0/s1. The van der Waals surface area contributed by atoms with Crippen LogP contribution in [0.4, 0.5) is 0 Å². The quantitative estimate of drug-likeness (QED) is 0.773. The first-order valence-corrected chi connectivity index (χ1v) is 7.27. The van der Waals surface area contributed by atoms with E-state index < -0.39 is 0 Å². The Morgan fingerprint density at radius 3 is 2.44 bits per heavy atom. The van der Waals surface area contributed by atoms with Gasteiger partial charge in [-0.05, 0) is 44.9 Å². The summed E-state index contributed by atoms with van der Waals surface area (Å²) in [5.41, 5.74) is 6.04. The molecule has 2 rings (SSSR count). The van der Waals surface area contributed by atoms with E-state index in [2.05, 4.69) is 12.2 Å².